The van der Waals surface area contributed by atoms with Crippen LogP contribution in [0.15, 0.2) is 82.5 Å². The van der Waals surface area contributed by atoms with Gasteiger partial charge in [0.25, 0.3) is 0 Å². The lowest BCUT2D eigenvalue weighted by Crippen LogP contribution is -2.23. The van der Waals surface area contributed by atoms with E-state index in [1.807, 2.05) is 37.3 Å². The highest BCUT2D eigenvalue weighted by molar-refractivity contribution is 8.00. The van der Waals surface area contributed by atoms with Gasteiger partial charge in [0.2, 0.25) is 0 Å². The van der Waals surface area contributed by atoms with Crippen molar-refractivity contribution in [1.29, 1.82) is 0 Å². The minimum atomic E-state index is -4.50. The van der Waals surface area contributed by atoms with Crippen LogP contribution in [0.1, 0.15) is 28.6 Å². The van der Waals surface area contributed by atoms with Gasteiger partial charge in [-0.3, -0.25) is 9.36 Å². The van der Waals surface area contributed by atoms with Gasteiger partial charge in [0.05, 0.1) is 17.0 Å². The Morgan fingerprint density at radius 1 is 1.08 bits per heavy atom. The monoisotopic (exact) mass is 529 g/mol. The summed E-state index contributed by atoms with van der Waals surface area (Å²) in [5, 5.41) is 13.4. The highest BCUT2D eigenvalue weighted by atomic mass is 32.2. The predicted octanol–water partition coefficient (Wildman–Crippen LogP) is 5.24. The number of benzene rings is 3. The third-order valence-corrected chi connectivity index (χ3v) is 6.70. The van der Waals surface area contributed by atoms with Crippen molar-refractivity contribution in [3.63, 3.8) is 0 Å². The fourth-order valence-electron chi connectivity index (χ4n) is 3.67. The van der Waals surface area contributed by atoms with E-state index in [0.29, 0.717) is 11.3 Å². The van der Waals surface area contributed by atoms with Crippen molar-refractivity contribution >= 4 is 17.7 Å². The Kier molecular flexibility index (Phi) is 7.44. The smallest absolute Gasteiger partial charge is 0.416 e. The average Bonchev–Trinajstić information content (AvgIpc) is 3.16. The van der Waals surface area contributed by atoms with Crippen LogP contribution in [0, 0.1) is 6.92 Å². The zero-order chi connectivity index (χ0) is 26.7. The molecule has 1 N–H and O–H groups in total. The zero-order valence-corrected chi connectivity index (χ0v) is 20.6. The molecule has 0 saturated heterocycles. The lowest BCUT2D eigenvalue weighted by atomic mass is 10.1. The number of carbonyl (C=O) groups is 1. The van der Waals surface area contributed by atoms with Crippen LogP contribution in [0.25, 0.3) is 5.69 Å². The first-order valence-corrected chi connectivity index (χ1v) is 12.0. The summed E-state index contributed by atoms with van der Waals surface area (Å²) in [4.78, 5) is 24.7. The van der Waals surface area contributed by atoms with Gasteiger partial charge < -0.3 is 9.84 Å². The van der Waals surface area contributed by atoms with E-state index in [2.05, 4.69) is 5.10 Å². The number of aliphatic carboxylic acids is 1. The number of aromatic nitrogens is 3. The van der Waals surface area contributed by atoms with Gasteiger partial charge in [0, 0.05) is 17.5 Å². The topological polar surface area (TPSA) is 86.4 Å². The first kappa shape index (κ1) is 26.1. The molecule has 1 aromatic heterocycles. The van der Waals surface area contributed by atoms with Crippen molar-refractivity contribution in [1.82, 2.24) is 14.3 Å². The second-order valence-corrected chi connectivity index (χ2v) is 9.19. The second kappa shape index (κ2) is 10.6. The Morgan fingerprint density at radius 3 is 2.35 bits per heavy atom. The van der Waals surface area contributed by atoms with Crippen LogP contribution >= 0.6 is 11.8 Å². The maximum Gasteiger partial charge on any atom is 0.416 e. The van der Waals surface area contributed by atoms with Crippen LogP contribution in [0.3, 0.4) is 0 Å². The lowest BCUT2D eigenvalue weighted by Gasteiger charge is -2.19. The standard InChI is InChI=1S/C26H22F3N3O4S/c1-16-14-20(12-13-21(16)37-15-22(33)34)36-23(17-6-4-3-5-7-17)24-30-32(25(35)31(24)2)19-10-8-18(9-11-19)26(27,28)29/h3-14,23H,15H2,1-2H3,(H,33,34). The molecule has 0 aliphatic heterocycles. The van der Waals surface area contributed by atoms with Gasteiger partial charge >= 0.3 is 17.8 Å². The van der Waals surface area contributed by atoms with Crippen molar-refractivity contribution in [3.05, 3.63) is 106 Å². The van der Waals surface area contributed by atoms with Gasteiger partial charge in [-0.1, -0.05) is 30.3 Å². The summed E-state index contributed by atoms with van der Waals surface area (Å²) in [7, 11) is 1.52. The number of carboxylic acids is 1. The maximum atomic E-state index is 13.0. The fraction of sp³-hybridized carbons (Fsp3) is 0.192. The minimum Gasteiger partial charge on any atom is -0.481 e. The largest absolute Gasteiger partial charge is 0.481 e. The molecule has 11 heteroatoms. The molecule has 4 rings (SSSR count). The van der Waals surface area contributed by atoms with Crippen LogP contribution in [0.4, 0.5) is 13.2 Å². The van der Waals surface area contributed by atoms with E-state index in [9.17, 15) is 22.8 Å². The summed E-state index contributed by atoms with van der Waals surface area (Å²) in [6.07, 6.45) is -5.31. The molecule has 0 radical (unpaired) electrons. The molecule has 1 heterocycles. The minimum absolute atomic E-state index is 0.0722. The normalized spacial score (nSPS) is 12.4. The maximum absolute atomic E-state index is 13.0. The number of thioether (sulfide) groups is 1. The highest BCUT2D eigenvalue weighted by Crippen LogP contribution is 2.32. The predicted molar refractivity (Wildman–Crippen MR) is 132 cm³/mol. The Labute approximate surface area is 214 Å². The number of alkyl halides is 3. The Balaban J connectivity index is 1.71. The number of halogens is 3. The van der Waals surface area contributed by atoms with Crippen molar-refractivity contribution < 1.29 is 27.8 Å². The quantitative estimate of drug-likeness (QED) is 0.314. The van der Waals surface area contributed by atoms with Gasteiger partial charge in [-0.15, -0.1) is 16.9 Å². The van der Waals surface area contributed by atoms with Crippen LogP contribution < -0.4 is 10.4 Å². The molecule has 192 valence electrons. The molecule has 0 aliphatic carbocycles. The van der Waals surface area contributed by atoms with E-state index in [1.165, 1.54) is 35.5 Å². The summed E-state index contributed by atoms with van der Waals surface area (Å²) in [5.41, 5.74) is 0.335. The highest BCUT2D eigenvalue weighted by Gasteiger charge is 2.30. The number of carboxylic acid groups (broad SMARTS) is 1. The van der Waals surface area contributed by atoms with Gasteiger partial charge in [0.1, 0.15) is 5.75 Å². The molecule has 0 bridgehead atoms. The van der Waals surface area contributed by atoms with Crippen LogP contribution in [-0.2, 0) is 18.0 Å². The SMILES string of the molecule is Cc1cc(OC(c2ccccc2)c2nn(-c3ccc(C(F)(F)F)cc3)c(=O)n2C)ccc1SCC(=O)O. The molecule has 0 fully saturated rings. The number of ether oxygens (including phenoxy) is 1. The third kappa shape index (κ3) is 5.88. The van der Waals surface area contributed by atoms with Gasteiger partial charge in [-0.05, 0) is 55.0 Å². The van der Waals surface area contributed by atoms with Crippen LogP contribution in [0.2, 0.25) is 0 Å². The van der Waals surface area contributed by atoms with E-state index >= 15 is 0 Å². The summed E-state index contributed by atoms with van der Waals surface area (Å²) in [6, 6.07) is 18.5. The average molecular weight is 530 g/mol. The summed E-state index contributed by atoms with van der Waals surface area (Å²) in [6.45, 7) is 1.84. The van der Waals surface area contributed by atoms with Crippen LogP contribution in [-0.4, -0.2) is 31.2 Å². The zero-order valence-electron chi connectivity index (χ0n) is 19.8. The number of rotatable bonds is 8. The molecule has 3 aromatic carbocycles. The lowest BCUT2D eigenvalue weighted by molar-refractivity contribution is -0.137. The molecular formula is C26H22F3N3O4S. The molecular weight excluding hydrogens is 507 g/mol. The third-order valence-electron chi connectivity index (χ3n) is 5.54. The van der Waals surface area contributed by atoms with Crippen molar-refractivity contribution in [2.24, 2.45) is 7.05 Å². The van der Waals surface area contributed by atoms with Crippen molar-refractivity contribution in [3.8, 4) is 11.4 Å². The van der Waals surface area contributed by atoms with Gasteiger partial charge in [0.15, 0.2) is 11.9 Å². The van der Waals surface area contributed by atoms with Crippen molar-refractivity contribution in [2.45, 2.75) is 24.1 Å². The molecule has 1 atom stereocenters. The number of nitrogens with zero attached hydrogens (tertiary/aromatic N) is 3. The Bertz CT molecular complexity index is 1470. The molecule has 0 aliphatic rings. The molecule has 37 heavy (non-hydrogen) atoms. The summed E-state index contributed by atoms with van der Waals surface area (Å²) < 4.78 is 47.5. The molecule has 7 nitrogen and oxygen atoms in total. The molecule has 0 saturated carbocycles. The van der Waals surface area contributed by atoms with E-state index in [0.717, 1.165) is 27.3 Å². The molecule has 4 aromatic rings. The summed E-state index contributed by atoms with van der Waals surface area (Å²) >= 11 is 1.20. The number of hydrogen-bond donors (Lipinski definition) is 1. The van der Waals surface area contributed by atoms with Gasteiger partial charge in [-0.2, -0.15) is 17.9 Å². The summed E-state index contributed by atoms with van der Waals surface area (Å²) in [5.74, 6) is -0.268. The van der Waals surface area contributed by atoms with E-state index in [4.69, 9.17) is 9.84 Å². The molecule has 1 unspecified atom stereocenters. The Morgan fingerprint density at radius 2 is 1.76 bits per heavy atom. The number of aryl methyl sites for hydroxylation is 1. The number of hydrogen-bond acceptors (Lipinski definition) is 5. The van der Waals surface area contributed by atoms with E-state index in [1.54, 1.807) is 18.2 Å². The van der Waals surface area contributed by atoms with E-state index < -0.39 is 29.5 Å². The first-order chi connectivity index (χ1) is 17.5. The first-order valence-electron chi connectivity index (χ1n) is 11.0. The van der Waals surface area contributed by atoms with Crippen molar-refractivity contribution in [2.75, 3.05) is 5.75 Å². The second-order valence-electron chi connectivity index (χ2n) is 8.17. The fourth-order valence-corrected chi connectivity index (χ4v) is 4.40. The molecule has 0 amide bonds. The van der Waals surface area contributed by atoms with Crippen LogP contribution in [0.5, 0.6) is 5.75 Å². The Hall–Kier alpha value is -3.99. The molecule has 0 spiro atoms. The van der Waals surface area contributed by atoms with E-state index in [-0.39, 0.29) is 17.3 Å². The van der Waals surface area contributed by atoms with Gasteiger partial charge in [-0.25, -0.2) is 4.79 Å².